The molecule has 0 saturated heterocycles. The molecule has 0 unspecified atom stereocenters. The van der Waals surface area contributed by atoms with E-state index in [9.17, 15) is 92.6 Å². The van der Waals surface area contributed by atoms with E-state index in [1.54, 1.807) is 0 Å². The summed E-state index contributed by atoms with van der Waals surface area (Å²) in [5.74, 6) is -4.87. The average molecular weight is 880 g/mol. The highest BCUT2D eigenvalue weighted by Crippen LogP contribution is 2.46. The van der Waals surface area contributed by atoms with Gasteiger partial charge in [-0.15, -0.1) is 0 Å². The fourth-order valence-electron chi connectivity index (χ4n) is 4.66. The summed E-state index contributed by atoms with van der Waals surface area (Å²) in [5.41, 5.74) is -15.2. The van der Waals surface area contributed by atoms with E-state index in [-0.39, 0.29) is 17.9 Å². The van der Waals surface area contributed by atoms with Gasteiger partial charge in [0.15, 0.2) is 5.75 Å². The lowest BCUT2D eigenvalue weighted by molar-refractivity contribution is -0.145. The van der Waals surface area contributed by atoms with Gasteiger partial charge in [-0.25, -0.2) is 21.6 Å². The maximum atomic E-state index is 14.2. The van der Waals surface area contributed by atoms with E-state index in [2.05, 4.69) is 0 Å². The first-order valence-electron chi connectivity index (χ1n) is 14.4. The molecule has 4 rings (SSSR count). The molecule has 0 heterocycles. The van der Waals surface area contributed by atoms with Crippen molar-refractivity contribution in [2.75, 3.05) is 10.8 Å². The fourth-order valence-corrected chi connectivity index (χ4v) is 8.50. The molecule has 1 N–H and O–H groups in total. The third kappa shape index (κ3) is 9.43. The predicted octanol–water partition coefficient (Wildman–Crippen LogP) is 9.86. The van der Waals surface area contributed by atoms with Crippen molar-refractivity contribution in [1.29, 1.82) is 0 Å². The molecule has 0 aromatic heterocycles. The normalized spacial score (nSPS) is 13.3. The molecule has 0 aliphatic rings. The van der Waals surface area contributed by atoms with Crippen LogP contribution < -0.4 is 13.2 Å². The molecule has 0 fully saturated rings. The lowest BCUT2D eigenvalue weighted by atomic mass is 10.1. The molecule has 26 heteroatoms. The number of halogens is 15. The summed E-state index contributed by atoms with van der Waals surface area (Å²) in [5, 5.41) is 9.62. The summed E-state index contributed by atoms with van der Waals surface area (Å²) in [4.78, 5) is 7.15. The number of benzene rings is 4. The van der Waals surface area contributed by atoms with Crippen LogP contribution in [0.3, 0.4) is 0 Å². The van der Waals surface area contributed by atoms with E-state index in [0.717, 1.165) is 13.2 Å². The number of carboxylic acid groups (broad SMARTS) is 1. The average Bonchev–Trinajstić information content (AvgIpc) is 3.06. The van der Waals surface area contributed by atoms with Crippen molar-refractivity contribution in [2.24, 2.45) is 0 Å². The van der Waals surface area contributed by atoms with Gasteiger partial charge in [-0.05, 0) is 66.7 Å². The van der Waals surface area contributed by atoms with Crippen LogP contribution in [0.1, 0.15) is 38.2 Å². The second kappa shape index (κ2) is 14.5. The third-order valence-corrected chi connectivity index (χ3v) is 11.4. The Kier molecular flexibility index (Phi) is 11.3. The van der Waals surface area contributed by atoms with Gasteiger partial charge in [0.1, 0.15) is 22.7 Å². The van der Waals surface area contributed by atoms with Gasteiger partial charge in [0, 0.05) is 6.07 Å². The van der Waals surface area contributed by atoms with Crippen LogP contribution in [-0.2, 0) is 50.9 Å². The van der Waals surface area contributed by atoms with E-state index in [4.69, 9.17) is 9.47 Å². The maximum Gasteiger partial charge on any atom is 0.416 e. The molecule has 0 saturated carbocycles. The van der Waals surface area contributed by atoms with Crippen molar-refractivity contribution >= 4 is 31.7 Å². The van der Waals surface area contributed by atoms with E-state index < -0.39 is 163 Å². The number of nitrogens with zero attached hydrogens (tertiary/aromatic N) is 1. The zero-order valence-electron chi connectivity index (χ0n) is 27.2. The van der Waals surface area contributed by atoms with E-state index in [1.165, 1.54) is 0 Å². The number of alkyl halides is 15. The predicted molar refractivity (Wildman–Crippen MR) is 161 cm³/mol. The highest BCUT2D eigenvalue weighted by molar-refractivity contribution is 8.10. The number of carbonyl (C=O) groups is 1. The minimum Gasteiger partial charge on any atom is -0.497 e. The Morgan fingerprint density at radius 1 is 0.526 bits per heavy atom. The van der Waals surface area contributed by atoms with Crippen LogP contribution in [0.5, 0.6) is 17.2 Å². The Bertz CT molecular complexity index is 2270. The molecule has 0 amide bonds. The molecule has 310 valence electrons. The highest BCUT2D eigenvalue weighted by Gasteiger charge is 2.46. The van der Waals surface area contributed by atoms with Crippen LogP contribution in [0, 0.1) is 0 Å². The van der Waals surface area contributed by atoms with Gasteiger partial charge < -0.3 is 14.6 Å². The van der Waals surface area contributed by atoms with Gasteiger partial charge in [0.05, 0.1) is 44.7 Å². The van der Waals surface area contributed by atoms with E-state index in [0.29, 0.717) is 12.1 Å². The Morgan fingerprint density at radius 3 is 1.25 bits per heavy atom. The molecule has 0 spiro atoms. The molecule has 0 radical (unpaired) electrons. The molecule has 0 atom stereocenters. The molecule has 0 aliphatic heterocycles. The van der Waals surface area contributed by atoms with Crippen LogP contribution in [0.15, 0.2) is 82.6 Å². The molecule has 9 nitrogen and oxygen atoms in total. The topological polar surface area (TPSA) is 127 Å². The minimum absolute atomic E-state index is 0.00503. The van der Waals surface area contributed by atoms with Crippen molar-refractivity contribution in [2.45, 2.75) is 40.7 Å². The number of methoxy groups -OCH3 is 1. The first-order chi connectivity index (χ1) is 25.7. The zero-order valence-corrected chi connectivity index (χ0v) is 28.8. The molecule has 0 bridgehead atoms. The van der Waals surface area contributed by atoms with Crippen molar-refractivity contribution in [3.63, 3.8) is 0 Å². The highest BCUT2D eigenvalue weighted by atomic mass is 32.3. The smallest absolute Gasteiger partial charge is 0.416 e. The molecular formula is C31H16F15NO8S2. The summed E-state index contributed by atoms with van der Waals surface area (Å²) >= 11 is 0. The van der Waals surface area contributed by atoms with Crippen LogP contribution in [0.2, 0.25) is 0 Å². The van der Waals surface area contributed by atoms with Gasteiger partial charge in [-0.3, -0.25) is 0 Å². The van der Waals surface area contributed by atoms with Gasteiger partial charge in [-0.2, -0.15) is 69.6 Å². The first kappa shape index (κ1) is 44.3. The summed E-state index contributed by atoms with van der Waals surface area (Å²) in [6, 6.07) is -2.22. The number of carboxylic acids is 1. The van der Waals surface area contributed by atoms with Gasteiger partial charge >= 0.3 is 36.9 Å². The summed E-state index contributed by atoms with van der Waals surface area (Å²) in [7, 11) is -12.9. The van der Waals surface area contributed by atoms with Gasteiger partial charge in [0.2, 0.25) is 0 Å². The maximum absolute atomic E-state index is 14.2. The molecule has 0 aliphatic carbocycles. The van der Waals surface area contributed by atoms with E-state index >= 15 is 0 Å². The lowest BCUT2D eigenvalue weighted by Crippen LogP contribution is -2.38. The van der Waals surface area contributed by atoms with Crippen molar-refractivity contribution in [3.8, 4) is 17.2 Å². The number of anilines is 1. The summed E-state index contributed by atoms with van der Waals surface area (Å²) in [6.07, 6.45) is -29.3. The Hall–Kier alpha value is -5.40. The Labute approximate surface area is 308 Å². The lowest BCUT2D eigenvalue weighted by Gasteiger charge is -2.28. The molecular weight excluding hydrogens is 863 g/mol. The second-order valence-corrected chi connectivity index (χ2v) is 14.9. The SMILES string of the molecule is COc1ccc(C(=O)O)c(Oc2ccc(C(F)(F)F)cc2N(S(=O)(=O)c2cc(C(F)(F)F)cc(C(F)(F)F)c2)S(=O)(=O)c2cc(C(F)(F)F)cc(C(F)(F)F)c2)c1. The zero-order chi connectivity index (χ0) is 43.5. The van der Waals surface area contributed by atoms with Crippen LogP contribution in [0.25, 0.3) is 0 Å². The number of rotatable bonds is 9. The molecule has 57 heavy (non-hydrogen) atoms. The van der Waals surface area contributed by atoms with Crippen molar-refractivity contribution < 1.29 is 102 Å². The summed E-state index contributed by atoms with van der Waals surface area (Å²) in [6.45, 7) is 0. The Balaban J connectivity index is 2.27. The van der Waals surface area contributed by atoms with Crippen LogP contribution in [0.4, 0.5) is 71.5 Å². The molecule has 4 aromatic carbocycles. The van der Waals surface area contributed by atoms with Crippen molar-refractivity contribution in [3.05, 3.63) is 106 Å². The van der Waals surface area contributed by atoms with E-state index in [1.807, 2.05) is 0 Å². The number of ether oxygens (including phenoxy) is 2. The van der Waals surface area contributed by atoms with Gasteiger partial charge in [0.25, 0.3) is 20.0 Å². The van der Waals surface area contributed by atoms with Crippen LogP contribution in [-0.4, -0.2) is 35.0 Å². The quantitative estimate of drug-likeness (QED) is 0.165. The largest absolute Gasteiger partial charge is 0.497 e. The fraction of sp³-hybridized carbons (Fsp3) is 0.194. The standard InChI is InChI=1S/C31H16F15NO8S2/c1-54-19-3-4-22(26(48)49)25(13-19)55-24-5-2-14(27(32,33)34)12-23(24)47(56(50,51)20-8-15(28(35,36)37)6-16(9-20)29(38,39)40)57(52,53)21-10-17(30(41,42)43)7-18(11-21)31(44,45)46/h2-13H,1H3,(H,48,49). The number of sulfonamides is 2. The summed E-state index contributed by atoms with van der Waals surface area (Å²) < 4.78 is 273. The number of aromatic carboxylic acids is 1. The van der Waals surface area contributed by atoms with Crippen LogP contribution >= 0.6 is 0 Å². The number of hydrogen-bond acceptors (Lipinski definition) is 7. The monoisotopic (exact) mass is 879 g/mol. The minimum atomic E-state index is -6.94. The Morgan fingerprint density at radius 2 is 0.912 bits per heavy atom. The molecule has 4 aromatic rings. The second-order valence-electron chi connectivity index (χ2n) is 11.1. The van der Waals surface area contributed by atoms with Gasteiger partial charge in [-0.1, -0.05) is 0 Å². The first-order valence-corrected chi connectivity index (χ1v) is 17.3. The van der Waals surface area contributed by atoms with Crippen molar-refractivity contribution in [1.82, 2.24) is 0 Å². The number of hydrogen-bond donors (Lipinski definition) is 1. The third-order valence-electron chi connectivity index (χ3n) is 7.28.